The molecule has 0 saturated heterocycles. The van der Waals surface area contributed by atoms with E-state index in [0.29, 0.717) is 5.56 Å². The molecule has 4 rings (SSSR count). The number of hydrogen-bond acceptors (Lipinski definition) is 5. The Balaban J connectivity index is 1.66. The van der Waals surface area contributed by atoms with Crippen LogP contribution in [0.4, 0.5) is 17.1 Å². The summed E-state index contributed by atoms with van der Waals surface area (Å²) in [5.41, 5.74) is 4.53. The van der Waals surface area contributed by atoms with Crippen molar-refractivity contribution in [2.24, 2.45) is 0 Å². The Bertz CT molecular complexity index is 1610. The Labute approximate surface area is 220 Å². The first-order chi connectivity index (χ1) is 18.5. The van der Waals surface area contributed by atoms with Gasteiger partial charge in [0.1, 0.15) is 11.6 Å². The molecule has 0 heterocycles. The maximum atomic E-state index is 11.2. The molecule has 0 unspecified atom stereocenters. The van der Waals surface area contributed by atoms with Crippen LogP contribution in [0, 0.1) is 34.0 Å². The van der Waals surface area contributed by atoms with Crippen molar-refractivity contribution < 1.29 is 9.90 Å². The first-order valence-electron chi connectivity index (χ1n) is 11.6. The molecule has 4 aromatic carbocycles. The van der Waals surface area contributed by atoms with Crippen molar-refractivity contribution in [3.8, 4) is 18.2 Å². The molecule has 1 N–H and O–H groups in total. The van der Waals surface area contributed by atoms with Crippen molar-refractivity contribution in [3.05, 3.63) is 130 Å². The van der Waals surface area contributed by atoms with E-state index in [1.54, 1.807) is 12.1 Å². The first kappa shape index (κ1) is 25.2. The van der Waals surface area contributed by atoms with E-state index in [4.69, 9.17) is 10.4 Å². The maximum Gasteiger partial charge on any atom is 0.346 e. The third-order valence-corrected chi connectivity index (χ3v) is 5.75. The van der Waals surface area contributed by atoms with Gasteiger partial charge >= 0.3 is 5.97 Å². The van der Waals surface area contributed by atoms with E-state index >= 15 is 0 Å². The highest BCUT2D eigenvalue weighted by molar-refractivity contribution is 5.97. The molecule has 0 atom stereocenters. The summed E-state index contributed by atoms with van der Waals surface area (Å²) in [6, 6.07) is 36.7. The van der Waals surface area contributed by atoms with Gasteiger partial charge in [-0.1, -0.05) is 60.7 Å². The summed E-state index contributed by atoms with van der Waals surface area (Å²) >= 11 is 0. The van der Waals surface area contributed by atoms with Crippen molar-refractivity contribution in [2.75, 3.05) is 4.90 Å². The molecule has 0 aromatic heterocycles. The number of benzene rings is 4. The number of carboxylic acids is 1. The second-order valence-corrected chi connectivity index (χ2v) is 8.16. The van der Waals surface area contributed by atoms with E-state index in [1.165, 1.54) is 12.1 Å². The van der Waals surface area contributed by atoms with Crippen molar-refractivity contribution in [3.63, 3.8) is 0 Å². The number of nitrogens with zero attached hydrogens (tertiary/aromatic N) is 4. The van der Waals surface area contributed by atoms with Crippen molar-refractivity contribution >= 4 is 41.3 Å². The predicted octanol–water partition coefficient (Wildman–Crippen LogP) is 7.06. The molecule has 180 valence electrons. The lowest BCUT2D eigenvalue weighted by Gasteiger charge is -2.25. The Morgan fingerprint density at radius 2 is 1.18 bits per heavy atom. The third-order valence-electron chi connectivity index (χ3n) is 5.75. The van der Waals surface area contributed by atoms with E-state index in [0.717, 1.165) is 28.7 Å². The van der Waals surface area contributed by atoms with Crippen LogP contribution in [0.25, 0.3) is 18.2 Å². The van der Waals surface area contributed by atoms with Gasteiger partial charge in [0.25, 0.3) is 0 Å². The third kappa shape index (κ3) is 5.66. The topological polar surface area (TPSA) is 112 Å². The van der Waals surface area contributed by atoms with Crippen LogP contribution in [0.3, 0.4) is 0 Å². The Morgan fingerprint density at radius 3 is 1.68 bits per heavy atom. The van der Waals surface area contributed by atoms with Crippen molar-refractivity contribution in [2.45, 2.75) is 0 Å². The minimum absolute atomic E-state index is 0.161. The fourth-order valence-electron chi connectivity index (χ4n) is 3.90. The normalized spacial score (nSPS) is 10.8. The van der Waals surface area contributed by atoms with Gasteiger partial charge in [0, 0.05) is 17.1 Å². The number of hydrogen-bond donors (Lipinski definition) is 1. The SMILES string of the molecule is N#C/C(=C/c1cc(C#N)c(/C=C/c2ccc(N(c3ccccc3)c3ccccc3)cc2)cc1C#N)C(=O)O. The van der Waals surface area contributed by atoms with Gasteiger partial charge in [-0.3, -0.25) is 0 Å². The molecule has 38 heavy (non-hydrogen) atoms. The lowest BCUT2D eigenvalue weighted by atomic mass is 9.97. The summed E-state index contributed by atoms with van der Waals surface area (Å²) in [6.45, 7) is 0. The number of para-hydroxylation sites is 2. The highest BCUT2D eigenvalue weighted by Gasteiger charge is 2.13. The van der Waals surface area contributed by atoms with Crippen LogP contribution in [0.15, 0.2) is 103 Å². The molecule has 4 aromatic rings. The number of carboxylic acid groups (broad SMARTS) is 1. The van der Waals surface area contributed by atoms with Crippen molar-refractivity contribution in [1.29, 1.82) is 15.8 Å². The van der Waals surface area contributed by atoms with E-state index in [1.807, 2.05) is 97.1 Å². The number of rotatable bonds is 7. The quantitative estimate of drug-likeness (QED) is 0.168. The smallest absolute Gasteiger partial charge is 0.346 e. The molecule has 0 aliphatic rings. The van der Waals surface area contributed by atoms with Crippen LogP contribution in [-0.4, -0.2) is 11.1 Å². The van der Waals surface area contributed by atoms with E-state index in [9.17, 15) is 15.3 Å². The molecule has 0 aliphatic heterocycles. The molecule has 6 heteroatoms. The van der Waals surface area contributed by atoms with Gasteiger partial charge in [0.2, 0.25) is 0 Å². The van der Waals surface area contributed by atoms with Crippen LogP contribution in [0.5, 0.6) is 0 Å². The van der Waals surface area contributed by atoms with Gasteiger partial charge in [0.05, 0.1) is 23.3 Å². The molecule has 0 amide bonds. The van der Waals surface area contributed by atoms with Gasteiger partial charge in [-0.15, -0.1) is 0 Å². The fraction of sp³-hybridized carbons (Fsp3) is 0. The molecule has 0 spiro atoms. The second-order valence-electron chi connectivity index (χ2n) is 8.16. The van der Waals surface area contributed by atoms with Crippen LogP contribution >= 0.6 is 0 Å². The zero-order valence-electron chi connectivity index (χ0n) is 20.1. The van der Waals surface area contributed by atoms with E-state index in [-0.39, 0.29) is 16.7 Å². The van der Waals surface area contributed by atoms with Gasteiger partial charge in [-0.25, -0.2) is 4.79 Å². The van der Waals surface area contributed by atoms with Crippen molar-refractivity contribution in [1.82, 2.24) is 0 Å². The molecular formula is C32H20N4O2. The van der Waals surface area contributed by atoms with E-state index in [2.05, 4.69) is 11.0 Å². The summed E-state index contributed by atoms with van der Waals surface area (Å²) in [7, 11) is 0. The number of aliphatic carboxylic acids is 1. The minimum atomic E-state index is -1.40. The summed E-state index contributed by atoms with van der Waals surface area (Å²) in [5, 5.41) is 37.4. The highest BCUT2D eigenvalue weighted by Crippen LogP contribution is 2.34. The van der Waals surface area contributed by atoms with Crippen LogP contribution in [0.2, 0.25) is 0 Å². The first-order valence-corrected chi connectivity index (χ1v) is 11.6. The average Bonchev–Trinajstić information content (AvgIpc) is 2.96. The molecule has 0 fully saturated rings. The summed E-state index contributed by atoms with van der Waals surface area (Å²) in [4.78, 5) is 13.3. The minimum Gasteiger partial charge on any atom is -0.477 e. The second kappa shape index (κ2) is 11.7. The predicted molar refractivity (Wildman–Crippen MR) is 147 cm³/mol. The standard InChI is InChI=1S/C32H20N4O2/c33-20-26-18-25(19-28(22-35)32(37)38)27(21-34)17-24(26)14-11-23-12-15-31(16-13-23)36(29-7-3-1-4-8-29)30-9-5-2-6-10-30/h1-19H,(H,37,38)/b14-11+,28-19-. The van der Waals surface area contributed by atoms with Gasteiger partial charge in [-0.2, -0.15) is 15.8 Å². The van der Waals surface area contributed by atoms with Gasteiger partial charge < -0.3 is 10.0 Å². The lowest BCUT2D eigenvalue weighted by Crippen LogP contribution is -2.09. The molecule has 0 bridgehead atoms. The molecule has 6 nitrogen and oxygen atoms in total. The summed E-state index contributed by atoms with van der Waals surface area (Å²) in [6.07, 6.45) is 4.67. The van der Waals surface area contributed by atoms with E-state index < -0.39 is 11.5 Å². The number of carbonyl (C=O) groups is 1. The fourth-order valence-corrected chi connectivity index (χ4v) is 3.90. The largest absolute Gasteiger partial charge is 0.477 e. The number of anilines is 3. The molecule has 0 saturated carbocycles. The molecule has 0 aliphatic carbocycles. The Hall–Kier alpha value is -5.90. The van der Waals surface area contributed by atoms with Gasteiger partial charge in [-0.05, 0) is 71.3 Å². The summed E-state index contributed by atoms with van der Waals surface area (Å²) < 4.78 is 0. The Morgan fingerprint density at radius 1 is 0.684 bits per heavy atom. The zero-order chi connectivity index (χ0) is 26.9. The molecule has 0 radical (unpaired) electrons. The van der Waals surface area contributed by atoms with Gasteiger partial charge in [0.15, 0.2) is 0 Å². The highest BCUT2D eigenvalue weighted by atomic mass is 16.4. The lowest BCUT2D eigenvalue weighted by molar-refractivity contribution is -0.132. The Kier molecular flexibility index (Phi) is 7.75. The summed E-state index contributed by atoms with van der Waals surface area (Å²) in [5.74, 6) is -1.40. The maximum absolute atomic E-state index is 11.2. The zero-order valence-corrected chi connectivity index (χ0v) is 20.1. The molecular weight excluding hydrogens is 472 g/mol. The monoisotopic (exact) mass is 492 g/mol. The van der Waals surface area contributed by atoms with Crippen LogP contribution < -0.4 is 4.90 Å². The van der Waals surface area contributed by atoms with Crippen LogP contribution in [-0.2, 0) is 4.79 Å². The van der Waals surface area contributed by atoms with Crippen LogP contribution in [0.1, 0.15) is 27.8 Å². The number of nitriles is 3. The average molecular weight is 493 g/mol.